The second kappa shape index (κ2) is 14.3. The predicted octanol–water partition coefficient (Wildman–Crippen LogP) is -4.32. The summed E-state index contributed by atoms with van der Waals surface area (Å²) in [5.74, 6) is -6.69. The van der Waals surface area contributed by atoms with Crippen LogP contribution in [0.5, 0.6) is 0 Å². The zero-order valence-electron chi connectivity index (χ0n) is 19.0. The van der Waals surface area contributed by atoms with Crippen LogP contribution < -0.4 is 38.5 Å². The van der Waals surface area contributed by atoms with Gasteiger partial charge >= 0.3 is 11.9 Å². The number of amides is 4. The van der Waals surface area contributed by atoms with E-state index in [0.29, 0.717) is 13.0 Å². The van der Waals surface area contributed by atoms with Crippen molar-refractivity contribution in [3.05, 3.63) is 0 Å². The predicted molar refractivity (Wildman–Crippen MR) is 120 cm³/mol. The number of rotatable bonds is 15. The summed E-state index contributed by atoms with van der Waals surface area (Å²) >= 11 is 0. The lowest BCUT2D eigenvalue weighted by Crippen LogP contribution is -2.57. The number of carbonyl (C=O) groups is 6. The second-order valence-electron chi connectivity index (χ2n) is 7.89. The van der Waals surface area contributed by atoms with Gasteiger partial charge in [0.05, 0.1) is 18.9 Å². The number of carbonyl (C=O) groups excluding carboxylic acids is 4. The molecule has 16 heteroatoms. The average molecular weight is 501 g/mol. The van der Waals surface area contributed by atoms with Gasteiger partial charge in [0.1, 0.15) is 18.1 Å². The number of carboxylic acids is 2. The number of primary amides is 1. The van der Waals surface area contributed by atoms with E-state index in [1.165, 1.54) is 0 Å². The Labute approximate surface area is 200 Å². The Morgan fingerprint density at radius 3 is 2.06 bits per heavy atom. The summed E-state index contributed by atoms with van der Waals surface area (Å²) in [6.45, 7) is 0.784. The summed E-state index contributed by atoms with van der Waals surface area (Å²) < 4.78 is 0. The van der Waals surface area contributed by atoms with Gasteiger partial charge < -0.3 is 48.7 Å². The van der Waals surface area contributed by atoms with E-state index in [1.807, 2.05) is 5.32 Å². The van der Waals surface area contributed by atoms with Gasteiger partial charge in [-0.15, -0.1) is 0 Å². The molecule has 0 radical (unpaired) electrons. The third-order valence-electron chi connectivity index (χ3n) is 4.99. The lowest BCUT2D eigenvalue weighted by molar-refractivity contribution is -0.144. The summed E-state index contributed by atoms with van der Waals surface area (Å²) in [6.07, 6.45) is 0.0305. The van der Waals surface area contributed by atoms with Crippen LogP contribution in [0, 0.1) is 0 Å². The van der Waals surface area contributed by atoms with E-state index in [9.17, 15) is 28.8 Å². The number of nitrogens with one attached hydrogen (secondary N) is 4. The maximum Gasteiger partial charge on any atom is 0.326 e. The number of guanidine groups is 1. The van der Waals surface area contributed by atoms with E-state index in [0.717, 1.165) is 6.42 Å². The molecule has 1 heterocycles. The zero-order chi connectivity index (χ0) is 26.5. The highest BCUT2D eigenvalue weighted by Gasteiger charge is 2.32. The first kappa shape index (κ1) is 29.1. The van der Waals surface area contributed by atoms with E-state index < -0.39 is 72.6 Å². The molecule has 1 saturated heterocycles. The van der Waals surface area contributed by atoms with E-state index in [1.54, 1.807) is 0 Å². The van der Waals surface area contributed by atoms with Crippen molar-refractivity contribution in [2.24, 2.45) is 22.2 Å². The van der Waals surface area contributed by atoms with Crippen LogP contribution in [0.1, 0.15) is 38.5 Å². The Morgan fingerprint density at radius 2 is 1.54 bits per heavy atom. The lowest BCUT2D eigenvalue weighted by atomic mass is 10.1. The van der Waals surface area contributed by atoms with Crippen molar-refractivity contribution in [3.63, 3.8) is 0 Å². The molecule has 196 valence electrons. The summed E-state index contributed by atoms with van der Waals surface area (Å²) in [6, 6.07) is -5.09. The molecular weight excluding hydrogens is 468 g/mol. The van der Waals surface area contributed by atoms with Crippen molar-refractivity contribution in [3.8, 4) is 0 Å². The molecule has 1 rings (SSSR count). The maximum atomic E-state index is 12.9. The molecule has 0 aromatic heterocycles. The molecule has 35 heavy (non-hydrogen) atoms. The van der Waals surface area contributed by atoms with Gasteiger partial charge in [-0.3, -0.25) is 29.0 Å². The number of aliphatic carboxylic acids is 2. The van der Waals surface area contributed by atoms with Gasteiger partial charge in [0, 0.05) is 6.54 Å². The van der Waals surface area contributed by atoms with Crippen molar-refractivity contribution in [1.29, 1.82) is 0 Å². The number of nitrogens with two attached hydrogens (primary N) is 3. The van der Waals surface area contributed by atoms with Gasteiger partial charge in [0.2, 0.25) is 23.6 Å². The molecule has 0 aliphatic carbocycles. The van der Waals surface area contributed by atoms with E-state index >= 15 is 0 Å². The van der Waals surface area contributed by atoms with E-state index in [-0.39, 0.29) is 25.3 Å². The van der Waals surface area contributed by atoms with Crippen LogP contribution in [-0.2, 0) is 28.8 Å². The van der Waals surface area contributed by atoms with Crippen LogP contribution in [0.4, 0.5) is 0 Å². The Balaban J connectivity index is 2.97. The fourth-order valence-corrected chi connectivity index (χ4v) is 3.28. The minimum Gasteiger partial charge on any atom is -0.481 e. The third-order valence-corrected chi connectivity index (χ3v) is 4.99. The number of aliphatic imine (C=N–C) groups is 1. The number of hydrogen-bond acceptors (Lipinski definition) is 8. The molecule has 0 saturated carbocycles. The van der Waals surface area contributed by atoms with Gasteiger partial charge in [-0.2, -0.15) is 0 Å². The molecule has 1 aliphatic heterocycles. The largest absolute Gasteiger partial charge is 0.481 e. The quantitative estimate of drug-likeness (QED) is 0.0588. The third kappa shape index (κ3) is 11.1. The SMILES string of the molecule is NC(=O)CC(NC(=O)C(CC(=O)O)NC(=O)C(CCCN=C(N)N)NC(=O)C1CCCN1)C(=O)O. The van der Waals surface area contributed by atoms with Crippen LogP contribution in [0.3, 0.4) is 0 Å². The summed E-state index contributed by atoms with van der Waals surface area (Å²) in [4.78, 5) is 75.4. The number of nitrogens with zero attached hydrogens (tertiary/aromatic N) is 1. The molecule has 0 aromatic carbocycles. The molecule has 0 spiro atoms. The standard InChI is InChI=1S/C19H32N8O8/c20-13(28)7-12(18(34)35)27-17(33)11(8-14(29)30)26-16(32)10(4-2-6-24-19(21)22)25-15(31)9-3-1-5-23-9/h9-12,23H,1-8H2,(H2,20,28)(H,25,31)(H,26,32)(H,27,33)(H,29,30)(H,34,35)(H4,21,22,24). The van der Waals surface area contributed by atoms with Crippen LogP contribution in [0.2, 0.25) is 0 Å². The second-order valence-corrected chi connectivity index (χ2v) is 7.89. The molecule has 16 nitrogen and oxygen atoms in total. The monoisotopic (exact) mass is 500 g/mol. The lowest BCUT2D eigenvalue weighted by Gasteiger charge is -2.24. The van der Waals surface area contributed by atoms with Crippen LogP contribution >= 0.6 is 0 Å². The highest BCUT2D eigenvalue weighted by atomic mass is 16.4. The van der Waals surface area contributed by atoms with Crippen molar-refractivity contribution in [1.82, 2.24) is 21.3 Å². The van der Waals surface area contributed by atoms with Gasteiger partial charge in [-0.1, -0.05) is 0 Å². The van der Waals surface area contributed by atoms with Gasteiger partial charge in [0.25, 0.3) is 0 Å². The highest BCUT2D eigenvalue weighted by molar-refractivity contribution is 5.96. The smallest absolute Gasteiger partial charge is 0.326 e. The van der Waals surface area contributed by atoms with Gasteiger partial charge in [-0.05, 0) is 32.2 Å². The summed E-state index contributed by atoms with van der Waals surface area (Å²) in [5.41, 5.74) is 15.5. The van der Waals surface area contributed by atoms with Crippen molar-refractivity contribution in [2.75, 3.05) is 13.1 Å². The minimum atomic E-state index is -1.73. The molecule has 1 aliphatic rings. The van der Waals surface area contributed by atoms with Crippen LogP contribution in [-0.4, -0.2) is 89.0 Å². The van der Waals surface area contributed by atoms with Crippen molar-refractivity contribution >= 4 is 41.5 Å². The average Bonchev–Trinajstić information content (AvgIpc) is 3.28. The Bertz CT molecular complexity index is 839. The number of hydrogen-bond donors (Lipinski definition) is 9. The number of carboxylic acid groups (broad SMARTS) is 2. The Morgan fingerprint density at radius 1 is 0.914 bits per heavy atom. The first-order valence-corrected chi connectivity index (χ1v) is 10.8. The van der Waals surface area contributed by atoms with Gasteiger partial charge in [-0.25, -0.2) is 4.79 Å². The van der Waals surface area contributed by atoms with Crippen molar-refractivity contribution in [2.45, 2.75) is 62.7 Å². The molecular formula is C19H32N8O8. The molecule has 0 bridgehead atoms. The highest BCUT2D eigenvalue weighted by Crippen LogP contribution is 2.08. The topological polar surface area (TPSA) is 281 Å². The molecule has 4 amide bonds. The normalized spacial score (nSPS) is 17.3. The fraction of sp³-hybridized carbons (Fsp3) is 0.632. The van der Waals surface area contributed by atoms with E-state index in [4.69, 9.17) is 27.4 Å². The van der Waals surface area contributed by atoms with Crippen molar-refractivity contribution < 1.29 is 39.0 Å². The molecule has 12 N–H and O–H groups in total. The van der Waals surface area contributed by atoms with Crippen LogP contribution in [0.15, 0.2) is 4.99 Å². The first-order chi connectivity index (χ1) is 16.4. The fourth-order valence-electron chi connectivity index (χ4n) is 3.28. The Hall–Kier alpha value is -3.95. The van der Waals surface area contributed by atoms with Gasteiger partial charge in [0.15, 0.2) is 5.96 Å². The molecule has 4 atom stereocenters. The summed E-state index contributed by atoms with van der Waals surface area (Å²) in [7, 11) is 0. The molecule has 0 aromatic rings. The zero-order valence-corrected chi connectivity index (χ0v) is 19.0. The minimum absolute atomic E-state index is 0.0575. The Kier molecular flexibility index (Phi) is 11.9. The van der Waals surface area contributed by atoms with Crippen LogP contribution in [0.25, 0.3) is 0 Å². The molecule has 1 fully saturated rings. The van der Waals surface area contributed by atoms with E-state index in [2.05, 4.69) is 20.9 Å². The summed E-state index contributed by atoms with van der Waals surface area (Å²) in [5, 5.41) is 28.1. The maximum absolute atomic E-state index is 12.9. The first-order valence-electron chi connectivity index (χ1n) is 10.8. The molecule has 4 unspecified atom stereocenters.